The number of carbonyl (C=O) groups is 3. The quantitative estimate of drug-likeness (QED) is 0.486. The minimum absolute atomic E-state index is 0.00107. The van der Waals surface area contributed by atoms with Crippen molar-refractivity contribution in [3.8, 4) is 0 Å². The van der Waals surface area contributed by atoms with Gasteiger partial charge in [0.15, 0.2) is 0 Å². The van der Waals surface area contributed by atoms with Crippen LogP contribution in [0.4, 0.5) is 11.4 Å². The van der Waals surface area contributed by atoms with Crippen molar-refractivity contribution in [3.05, 3.63) is 59.6 Å². The highest BCUT2D eigenvalue weighted by molar-refractivity contribution is 6.30. The Bertz CT molecular complexity index is 1110. The molecule has 3 aliphatic heterocycles. The number of aliphatic hydroxyl groups excluding tert-OH is 1. The molecule has 1 spiro atoms. The summed E-state index contributed by atoms with van der Waals surface area (Å²) in [5, 5.41) is 15.6. The average molecular weight is 498 g/mol. The first kappa shape index (κ1) is 23.8. The van der Waals surface area contributed by atoms with Crippen molar-refractivity contribution in [1.82, 2.24) is 4.90 Å². The van der Waals surface area contributed by atoms with Crippen molar-refractivity contribution in [1.29, 1.82) is 0 Å². The van der Waals surface area contributed by atoms with Crippen LogP contribution in [0.2, 0.25) is 5.02 Å². The third-order valence-electron chi connectivity index (χ3n) is 7.31. The van der Waals surface area contributed by atoms with Crippen LogP contribution in [0, 0.1) is 11.8 Å². The number of carbonyl (C=O) groups excluding carboxylic acids is 3. The van der Waals surface area contributed by atoms with Gasteiger partial charge in [0.2, 0.25) is 17.7 Å². The van der Waals surface area contributed by atoms with E-state index in [4.69, 9.17) is 16.3 Å². The van der Waals surface area contributed by atoms with Gasteiger partial charge < -0.3 is 25.4 Å². The lowest BCUT2D eigenvalue weighted by atomic mass is 9.70. The van der Waals surface area contributed by atoms with E-state index in [9.17, 15) is 19.5 Å². The van der Waals surface area contributed by atoms with Crippen molar-refractivity contribution >= 4 is 40.7 Å². The molecule has 0 aliphatic carbocycles. The second-order valence-corrected chi connectivity index (χ2v) is 9.81. The zero-order chi connectivity index (χ0) is 24.6. The smallest absolute Gasteiger partial charge is 0.250 e. The summed E-state index contributed by atoms with van der Waals surface area (Å²) in [7, 11) is 0. The molecule has 8 nitrogen and oxygen atoms in total. The lowest BCUT2D eigenvalue weighted by molar-refractivity contribution is -0.139. The van der Waals surface area contributed by atoms with Gasteiger partial charge in [0.1, 0.15) is 11.6 Å². The van der Waals surface area contributed by atoms with Crippen LogP contribution in [0.15, 0.2) is 54.6 Å². The standard InChI is InChI=1S/C26H28ClN3O5/c27-16-8-10-18(11-9-16)29-24(33)22-26-13-12-19(35-26)20(23(32)28-17-6-2-1-3-7-17)21(26)25(34)30(22)14-4-5-15-31/h1-3,6-11,19-22,31H,4-5,12-15H2,(H,28,32)(H,29,33)/t19-,20+,21-,22?,26?/m0/s1. The number of benzene rings is 2. The molecule has 2 unspecified atom stereocenters. The summed E-state index contributed by atoms with van der Waals surface area (Å²) in [5.74, 6) is -2.27. The van der Waals surface area contributed by atoms with Crippen LogP contribution in [-0.2, 0) is 19.1 Å². The number of ether oxygens (including phenoxy) is 1. The van der Waals surface area contributed by atoms with Crippen molar-refractivity contribution in [2.45, 2.75) is 43.4 Å². The summed E-state index contributed by atoms with van der Waals surface area (Å²) in [6.45, 7) is 0.302. The number of aliphatic hydroxyl groups is 1. The molecular formula is C26H28ClN3O5. The van der Waals surface area contributed by atoms with Gasteiger partial charge in [0.05, 0.1) is 17.9 Å². The third kappa shape index (κ3) is 4.20. The van der Waals surface area contributed by atoms with Crippen LogP contribution >= 0.6 is 11.6 Å². The van der Waals surface area contributed by atoms with E-state index in [-0.39, 0.29) is 24.3 Å². The molecule has 2 aromatic rings. The van der Waals surface area contributed by atoms with Crippen LogP contribution in [0.3, 0.4) is 0 Å². The summed E-state index contributed by atoms with van der Waals surface area (Å²) in [4.78, 5) is 42.3. The minimum Gasteiger partial charge on any atom is -0.396 e. The van der Waals surface area contributed by atoms with E-state index in [1.807, 2.05) is 18.2 Å². The third-order valence-corrected chi connectivity index (χ3v) is 7.56. The molecule has 35 heavy (non-hydrogen) atoms. The molecule has 9 heteroatoms. The van der Waals surface area contributed by atoms with E-state index in [1.165, 1.54) is 0 Å². The number of hydrogen-bond donors (Lipinski definition) is 3. The number of rotatable bonds is 8. The van der Waals surface area contributed by atoms with Crippen LogP contribution in [-0.4, -0.2) is 58.6 Å². The molecule has 5 atom stereocenters. The normalized spacial score (nSPS) is 28.7. The van der Waals surface area contributed by atoms with Crippen LogP contribution in [0.5, 0.6) is 0 Å². The molecule has 184 valence electrons. The molecule has 3 N–H and O–H groups in total. The number of nitrogens with one attached hydrogen (secondary N) is 2. The predicted molar refractivity (Wildman–Crippen MR) is 131 cm³/mol. The van der Waals surface area contributed by atoms with Crippen molar-refractivity contribution < 1.29 is 24.2 Å². The zero-order valence-corrected chi connectivity index (χ0v) is 19.9. The topological polar surface area (TPSA) is 108 Å². The molecular weight excluding hydrogens is 470 g/mol. The maximum Gasteiger partial charge on any atom is 0.250 e. The molecule has 2 aromatic carbocycles. The number of likely N-dealkylation sites (tertiary alicyclic amines) is 1. The fraction of sp³-hybridized carbons (Fsp3) is 0.423. The van der Waals surface area contributed by atoms with E-state index < -0.39 is 29.6 Å². The Balaban J connectivity index is 1.44. The molecule has 2 bridgehead atoms. The molecule has 3 aliphatic rings. The Hall–Kier alpha value is -2.94. The van der Waals surface area contributed by atoms with Gasteiger partial charge >= 0.3 is 0 Å². The van der Waals surface area contributed by atoms with Gasteiger partial charge in [-0.2, -0.15) is 0 Å². The van der Waals surface area contributed by atoms with Gasteiger partial charge in [-0.05, 0) is 62.1 Å². The number of amides is 3. The molecule has 0 aromatic heterocycles. The molecule has 0 radical (unpaired) electrons. The van der Waals surface area contributed by atoms with Gasteiger partial charge in [-0.15, -0.1) is 0 Å². The number of hydrogen-bond acceptors (Lipinski definition) is 5. The van der Waals surface area contributed by atoms with E-state index in [0.29, 0.717) is 48.6 Å². The first-order valence-electron chi connectivity index (χ1n) is 12.0. The van der Waals surface area contributed by atoms with Crippen molar-refractivity contribution in [2.75, 3.05) is 23.8 Å². The monoisotopic (exact) mass is 497 g/mol. The van der Waals surface area contributed by atoms with E-state index in [1.54, 1.807) is 41.3 Å². The van der Waals surface area contributed by atoms with E-state index in [0.717, 1.165) is 0 Å². The summed E-state index contributed by atoms with van der Waals surface area (Å²) >= 11 is 5.97. The van der Waals surface area contributed by atoms with Crippen molar-refractivity contribution in [3.63, 3.8) is 0 Å². The maximum absolute atomic E-state index is 13.8. The SMILES string of the molecule is O=C(Nc1ccc(Cl)cc1)C1N(CCCCO)C(=O)[C@@H]2[C@H](C(=O)Nc3ccccc3)[C@@H]3CCC12O3. The first-order valence-corrected chi connectivity index (χ1v) is 12.3. The van der Waals surface area contributed by atoms with Crippen LogP contribution in [0.1, 0.15) is 25.7 Å². The maximum atomic E-state index is 13.8. The lowest BCUT2D eigenvalue weighted by Crippen LogP contribution is -2.53. The van der Waals surface area contributed by atoms with Crippen LogP contribution in [0.25, 0.3) is 0 Å². The summed E-state index contributed by atoms with van der Waals surface area (Å²) in [5.41, 5.74) is 0.153. The highest BCUT2D eigenvalue weighted by Gasteiger charge is 2.74. The van der Waals surface area contributed by atoms with Gasteiger partial charge in [0.25, 0.3) is 0 Å². The molecule has 3 heterocycles. The Labute approximate surface area is 208 Å². The second kappa shape index (κ2) is 9.60. The predicted octanol–water partition coefficient (Wildman–Crippen LogP) is 3.06. The number of anilines is 2. The molecule has 3 amide bonds. The van der Waals surface area contributed by atoms with Gasteiger partial charge in [-0.3, -0.25) is 14.4 Å². The Morgan fingerprint density at radius 3 is 2.43 bits per heavy atom. The molecule has 3 saturated heterocycles. The summed E-state index contributed by atoms with van der Waals surface area (Å²) in [6.07, 6.45) is 1.76. The number of para-hydroxylation sites is 1. The van der Waals surface area contributed by atoms with Gasteiger partial charge in [-0.1, -0.05) is 29.8 Å². The lowest BCUT2D eigenvalue weighted by Gasteiger charge is -2.33. The van der Waals surface area contributed by atoms with E-state index >= 15 is 0 Å². The Kier molecular flexibility index (Phi) is 6.53. The largest absolute Gasteiger partial charge is 0.396 e. The Morgan fingerprint density at radius 2 is 1.71 bits per heavy atom. The van der Waals surface area contributed by atoms with Gasteiger partial charge in [-0.25, -0.2) is 0 Å². The second-order valence-electron chi connectivity index (χ2n) is 9.37. The Morgan fingerprint density at radius 1 is 1.03 bits per heavy atom. The number of nitrogens with zero attached hydrogens (tertiary/aromatic N) is 1. The van der Waals surface area contributed by atoms with E-state index in [2.05, 4.69) is 10.6 Å². The number of unbranched alkanes of at least 4 members (excludes halogenated alkanes) is 1. The highest BCUT2D eigenvalue weighted by Crippen LogP contribution is 2.58. The summed E-state index contributed by atoms with van der Waals surface area (Å²) in [6, 6.07) is 15.0. The molecule has 3 fully saturated rings. The number of halogens is 1. The highest BCUT2D eigenvalue weighted by atomic mass is 35.5. The molecule has 5 rings (SSSR count). The average Bonchev–Trinajstić information content (AvgIpc) is 3.49. The molecule has 0 saturated carbocycles. The van der Waals surface area contributed by atoms with Crippen LogP contribution < -0.4 is 10.6 Å². The number of fused-ring (bicyclic) bond motifs is 1. The van der Waals surface area contributed by atoms with Crippen molar-refractivity contribution in [2.24, 2.45) is 11.8 Å². The first-order chi connectivity index (χ1) is 16.9. The fourth-order valence-electron chi connectivity index (χ4n) is 5.88. The zero-order valence-electron chi connectivity index (χ0n) is 19.2. The fourth-order valence-corrected chi connectivity index (χ4v) is 6.01. The minimum atomic E-state index is -1.06. The van der Waals surface area contributed by atoms with Gasteiger partial charge in [0, 0.05) is 29.5 Å². The summed E-state index contributed by atoms with van der Waals surface area (Å²) < 4.78 is 6.40.